The number of amides is 1. The molecule has 0 saturated carbocycles. The monoisotopic (exact) mass is 163 g/mol. The maximum absolute atomic E-state index is 10.0. The third-order valence-corrected chi connectivity index (χ3v) is 1.88. The fourth-order valence-electron chi connectivity index (χ4n) is 1.12. The van der Waals surface area contributed by atoms with Crippen LogP contribution in [-0.2, 0) is 4.79 Å². The van der Waals surface area contributed by atoms with Crippen molar-refractivity contribution in [3.63, 3.8) is 0 Å². The van der Waals surface area contributed by atoms with Crippen LogP contribution in [0.1, 0.15) is 18.4 Å². The molecule has 64 valence electrons. The number of carbonyl (C=O) groups is 1. The molecule has 1 amide bonds. The SMILES string of the molecule is C[C@@H](CNC=O)c1ccccc1. The maximum Gasteiger partial charge on any atom is 0.207 e. The molecule has 0 bridgehead atoms. The van der Waals surface area contributed by atoms with Crippen LogP contribution in [0.25, 0.3) is 0 Å². The topological polar surface area (TPSA) is 29.1 Å². The molecule has 2 heteroatoms. The van der Waals surface area contributed by atoms with Gasteiger partial charge in [-0.05, 0) is 11.5 Å². The summed E-state index contributed by atoms with van der Waals surface area (Å²) < 4.78 is 0. The van der Waals surface area contributed by atoms with E-state index in [2.05, 4.69) is 24.4 Å². The molecule has 0 radical (unpaired) electrons. The molecular weight excluding hydrogens is 150 g/mol. The molecular formula is C10H13NO. The average Bonchev–Trinajstić information content (AvgIpc) is 2.15. The third-order valence-electron chi connectivity index (χ3n) is 1.88. The molecule has 0 aliphatic heterocycles. The quantitative estimate of drug-likeness (QED) is 0.670. The lowest BCUT2D eigenvalue weighted by Crippen LogP contribution is -2.17. The summed E-state index contributed by atoms with van der Waals surface area (Å²) in [5.74, 6) is 0.386. The minimum Gasteiger partial charge on any atom is -0.358 e. The predicted octanol–water partition coefficient (Wildman–Crippen LogP) is 1.54. The van der Waals surface area contributed by atoms with Crippen LogP contribution in [0.5, 0.6) is 0 Å². The minimum atomic E-state index is 0.386. The van der Waals surface area contributed by atoms with E-state index >= 15 is 0 Å². The molecule has 0 unspecified atom stereocenters. The zero-order chi connectivity index (χ0) is 8.81. The third kappa shape index (κ3) is 2.38. The van der Waals surface area contributed by atoms with Crippen LogP contribution in [0.15, 0.2) is 30.3 Å². The van der Waals surface area contributed by atoms with Gasteiger partial charge in [-0.3, -0.25) is 4.79 Å². The highest BCUT2D eigenvalue weighted by atomic mass is 16.1. The fourth-order valence-corrected chi connectivity index (χ4v) is 1.12. The van der Waals surface area contributed by atoms with E-state index in [0.717, 1.165) is 6.41 Å². The average molecular weight is 163 g/mol. The van der Waals surface area contributed by atoms with E-state index in [4.69, 9.17) is 0 Å². The van der Waals surface area contributed by atoms with Crippen molar-refractivity contribution >= 4 is 6.41 Å². The van der Waals surface area contributed by atoms with Crippen LogP contribution in [0.3, 0.4) is 0 Å². The molecule has 1 atom stereocenters. The Bertz CT molecular complexity index is 233. The maximum atomic E-state index is 10.0. The second-order valence-corrected chi connectivity index (χ2v) is 2.84. The van der Waals surface area contributed by atoms with Crippen LogP contribution < -0.4 is 5.32 Å². The van der Waals surface area contributed by atoms with E-state index in [0.29, 0.717) is 12.5 Å². The van der Waals surface area contributed by atoms with Gasteiger partial charge in [-0.2, -0.15) is 0 Å². The van der Waals surface area contributed by atoms with Gasteiger partial charge in [-0.25, -0.2) is 0 Å². The van der Waals surface area contributed by atoms with Crippen LogP contribution in [0.2, 0.25) is 0 Å². The van der Waals surface area contributed by atoms with Gasteiger partial charge >= 0.3 is 0 Å². The Kier molecular flexibility index (Phi) is 3.33. The molecule has 0 spiro atoms. The van der Waals surface area contributed by atoms with Crippen LogP contribution in [-0.4, -0.2) is 13.0 Å². The van der Waals surface area contributed by atoms with Crippen molar-refractivity contribution in [3.8, 4) is 0 Å². The number of nitrogens with one attached hydrogen (secondary N) is 1. The highest BCUT2D eigenvalue weighted by molar-refractivity contribution is 5.46. The Labute approximate surface area is 72.6 Å². The van der Waals surface area contributed by atoms with E-state index in [9.17, 15) is 4.79 Å². The minimum absolute atomic E-state index is 0.386. The fraction of sp³-hybridized carbons (Fsp3) is 0.300. The highest BCUT2D eigenvalue weighted by Crippen LogP contribution is 2.12. The van der Waals surface area contributed by atoms with E-state index in [1.165, 1.54) is 5.56 Å². The Morgan fingerprint density at radius 3 is 2.67 bits per heavy atom. The van der Waals surface area contributed by atoms with Crippen molar-refractivity contribution in [1.29, 1.82) is 0 Å². The summed E-state index contributed by atoms with van der Waals surface area (Å²) in [6, 6.07) is 10.1. The molecule has 2 nitrogen and oxygen atoms in total. The van der Waals surface area contributed by atoms with Gasteiger partial charge in [0.05, 0.1) is 0 Å². The summed E-state index contributed by atoms with van der Waals surface area (Å²) in [7, 11) is 0. The van der Waals surface area contributed by atoms with E-state index in [1.807, 2.05) is 18.2 Å². The molecule has 0 fully saturated rings. The largest absolute Gasteiger partial charge is 0.358 e. The van der Waals surface area contributed by atoms with Crippen molar-refractivity contribution in [2.45, 2.75) is 12.8 Å². The number of rotatable bonds is 4. The zero-order valence-corrected chi connectivity index (χ0v) is 7.16. The van der Waals surface area contributed by atoms with Crippen LogP contribution >= 0.6 is 0 Å². The summed E-state index contributed by atoms with van der Waals surface area (Å²) in [6.07, 6.45) is 0.736. The van der Waals surface area contributed by atoms with Crippen LogP contribution in [0.4, 0.5) is 0 Å². The molecule has 0 saturated heterocycles. The number of benzene rings is 1. The summed E-state index contributed by atoms with van der Waals surface area (Å²) in [5, 5.41) is 2.67. The first kappa shape index (κ1) is 8.78. The van der Waals surface area contributed by atoms with Crippen molar-refractivity contribution in [3.05, 3.63) is 35.9 Å². The predicted molar refractivity (Wildman–Crippen MR) is 48.9 cm³/mol. The second-order valence-electron chi connectivity index (χ2n) is 2.84. The standard InChI is InChI=1S/C10H13NO/c1-9(7-11-8-12)10-5-3-2-4-6-10/h2-6,8-9H,7H2,1H3,(H,11,12)/t9-/m0/s1. The molecule has 1 aromatic rings. The summed E-state index contributed by atoms with van der Waals surface area (Å²) >= 11 is 0. The summed E-state index contributed by atoms with van der Waals surface area (Å²) in [5.41, 5.74) is 1.26. The molecule has 0 aliphatic carbocycles. The molecule has 0 heterocycles. The summed E-state index contributed by atoms with van der Waals surface area (Å²) in [6.45, 7) is 2.79. The summed E-state index contributed by atoms with van der Waals surface area (Å²) in [4.78, 5) is 10.0. The van der Waals surface area contributed by atoms with Gasteiger partial charge in [-0.15, -0.1) is 0 Å². The van der Waals surface area contributed by atoms with E-state index in [1.54, 1.807) is 0 Å². The normalized spacial score (nSPS) is 12.1. The number of hydrogen-bond donors (Lipinski definition) is 1. The lowest BCUT2D eigenvalue weighted by atomic mass is 10.0. The Hall–Kier alpha value is -1.31. The van der Waals surface area contributed by atoms with Gasteiger partial charge < -0.3 is 5.32 Å². The van der Waals surface area contributed by atoms with Gasteiger partial charge in [0.2, 0.25) is 6.41 Å². The van der Waals surface area contributed by atoms with Gasteiger partial charge in [0.15, 0.2) is 0 Å². The van der Waals surface area contributed by atoms with Crippen molar-refractivity contribution < 1.29 is 4.79 Å². The Morgan fingerprint density at radius 1 is 1.42 bits per heavy atom. The smallest absolute Gasteiger partial charge is 0.207 e. The first-order chi connectivity index (χ1) is 5.84. The molecule has 1 rings (SSSR count). The van der Waals surface area contributed by atoms with Gasteiger partial charge in [-0.1, -0.05) is 37.3 Å². The van der Waals surface area contributed by atoms with Crippen LogP contribution in [0, 0.1) is 0 Å². The number of hydrogen-bond acceptors (Lipinski definition) is 1. The Balaban J connectivity index is 2.53. The van der Waals surface area contributed by atoms with Crippen molar-refractivity contribution in [1.82, 2.24) is 5.32 Å². The molecule has 1 aromatic carbocycles. The molecule has 1 N–H and O–H groups in total. The first-order valence-corrected chi connectivity index (χ1v) is 4.06. The number of carbonyl (C=O) groups excluding carboxylic acids is 1. The highest BCUT2D eigenvalue weighted by Gasteiger charge is 2.02. The van der Waals surface area contributed by atoms with Gasteiger partial charge in [0.1, 0.15) is 0 Å². The first-order valence-electron chi connectivity index (χ1n) is 4.06. The van der Waals surface area contributed by atoms with Gasteiger partial charge in [0, 0.05) is 6.54 Å². The van der Waals surface area contributed by atoms with Gasteiger partial charge in [0.25, 0.3) is 0 Å². The zero-order valence-electron chi connectivity index (χ0n) is 7.16. The lowest BCUT2D eigenvalue weighted by molar-refractivity contribution is -0.109. The lowest BCUT2D eigenvalue weighted by Gasteiger charge is -2.09. The van der Waals surface area contributed by atoms with Crippen molar-refractivity contribution in [2.75, 3.05) is 6.54 Å². The van der Waals surface area contributed by atoms with E-state index in [-0.39, 0.29) is 0 Å². The molecule has 12 heavy (non-hydrogen) atoms. The van der Waals surface area contributed by atoms with Crippen molar-refractivity contribution in [2.24, 2.45) is 0 Å². The molecule has 0 aromatic heterocycles. The second kappa shape index (κ2) is 4.54. The van der Waals surface area contributed by atoms with E-state index < -0.39 is 0 Å². The Morgan fingerprint density at radius 2 is 2.08 bits per heavy atom. The molecule has 0 aliphatic rings.